The topological polar surface area (TPSA) is 38.5 Å². The van der Waals surface area contributed by atoms with E-state index in [9.17, 15) is 0 Å². The molecule has 11 aromatic carbocycles. The van der Waals surface area contributed by atoms with Crippen molar-refractivity contribution in [3.8, 4) is 78.5 Å². The smallest absolute Gasteiger partial charge is 0.0579 e. The molecule has 456 valence electrons. The van der Waals surface area contributed by atoms with Gasteiger partial charge in [0.15, 0.2) is 0 Å². The molecule has 6 nitrogen and oxygen atoms in total. The van der Waals surface area contributed by atoms with Crippen molar-refractivity contribution in [3.05, 3.63) is 299 Å². The van der Waals surface area contributed by atoms with Crippen molar-refractivity contribution in [2.24, 2.45) is 0 Å². The number of anilines is 6. The molecular weight excluding hydrogens is 1300 g/mol. The Kier molecular flexibility index (Phi) is 15.4. The van der Waals surface area contributed by atoms with Crippen LogP contribution in [0.25, 0.3) is 78.0 Å². The van der Waals surface area contributed by atoms with E-state index in [0.717, 1.165) is 122 Å². The van der Waals surface area contributed by atoms with Crippen molar-refractivity contribution in [2.75, 3.05) is 9.80 Å². The molecule has 0 radical (unpaired) electrons. The first-order chi connectivity index (χ1) is 44.4. The Labute approximate surface area is 552 Å². The summed E-state index contributed by atoms with van der Waals surface area (Å²) in [6.45, 7) is 22.8. The summed E-state index contributed by atoms with van der Waals surface area (Å²) < 4.78 is 12.8. The number of benzene rings is 11. The first kappa shape index (κ1) is 59.7. The minimum atomic E-state index is -0.123. The number of fused-ring (bicyclic) bond motifs is 7. The van der Waals surface area contributed by atoms with Gasteiger partial charge in [0, 0.05) is 23.0 Å². The fourth-order valence-electron chi connectivity index (χ4n) is 12.9. The molecule has 0 bridgehead atoms. The van der Waals surface area contributed by atoms with Crippen LogP contribution in [-0.2, 0) is 35.6 Å². The van der Waals surface area contributed by atoms with E-state index in [1.165, 1.54) is 16.7 Å². The minimum Gasteiger partial charge on any atom is -0.0579 e. The van der Waals surface area contributed by atoms with Crippen molar-refractivity contribution in [1.82, 2.24) is 14.1 Å². The third kappa shape index (κ3) is 11.1. The van der Waals surface area contributed by atoms with Crippen molar-refractivity contribution >= 4 is 45.3 Å². The first-order valence-corrected chi connectivity index (χ1v) is 32.8. The number of hydrogen-bond acceptors (Lipinski definition) is 4. The van der Waals surface area contributed by atoms with Crippen molar-refractivity contribution in [1.29, 1.82) is 0 Å². The molecule has 0 atom stereocenters. The number of pyridine rings is 1. The summed E-state index contributed by atoms with van der Waals surface area (Å²) in [5, 5.41) is 0. The average molecular weight is 1380 g/mol. The Balaban J connectivity index is 0.968. The fourth-order valence-corrected chi connectivity index (χ4v) is 14.0. The quantitative estimate of drug-likeness (QED) is 0.135. The van der Waals surface area contributed by atoms with Crippen LogP contribution in [-0.4, -0.2) is 14.1 Å². The van der Waals surface area contributed by atoms with Gasteiger partial charge in [0.1, 0.15) is 0 Å². The zero-order valence-corrected chi connectivity index (χ0v) is 56.1. The van der Waals surface area contributed by atoms with Crippen LogP contribution in [0.15, 0.2) is 261 Å². The number of para-hydroxylation sites is 6. The van der Waals surface area contributed by atoms with E-state index in [1.54, 1.807) is 0 Å². The monoisotopic (exact) mass is 1370 g/mol. The molecule has 1 aliphatic heterocycles. The molecule has 0 aliphatic carbocycles. The summed E-state index contributed by atoms with van der Waals surface area (Å²) >= 11 is 2.50. The number of aromatic nitrogens is 3. The van der Waals surface area contributed by atoms with Crippen LogP contribution in [0.5, 0.6) is 11.5 Å². The second-order valence-electron chi connectivity index (χ2n) is 27.1. The van der Waals surface area contributed by atoms with Crippen molar-refractivity contribution in [2.45, 2.75) is 85.5 Å². The number of ether oxygens (including phenoxy) is 1. The van der Waals surface area contributed by atoms with E-state index in [4.69, 9.17) is 9.72 Å². The molecule has 3 heterocycles. The number of nitrogens with zero attached hydrogens (tertiary/aromatic N) is 5. The van der Waals surface area contributed by atoms with E-state index >= 15 is 0 Å². The van der Waals surface area contributed by atoms with Crippen LogP contribution >= 0.6 is 0 Å². The van der Waals surface area contributed by atoms with Gasteiger partial charge in [-0.15, -0.1) is 0 Å². The third-order valence-electron chi connectivity index (χ3n) is 17.8. The molecule has 14 rings (SSSR count). The van der Waals surface area contributed by atoms with Crippen LogP contribution < -0.4 is 14.5 Å². The predicted octanol–water partition coefficient (Wildman–Crippen LogP) is 23.1. The molecule has 0 unspecified atom stereocenters. The van der Waals surface area contributed by atoms with Gasteiger partial charge in [0.05, 0.1) is 5.69 Å². The van der Waals surface area contributed by atoms with Gasteiger partial charge in [0.2, 0.25) is 0 Å². The van der Waals surface area contributed by atoms with Crippen LogP contribution in [0.4, 0.5) is 34.3 Å². The zero-order valence-electron chi connectivity index (χ0n) is 53.8. The molecule has 7 heteroatoms. The molecule has 0 amide bonds. The van der Waals surface area contributed by atoms with Crippen molar-refractivity contribution in [3.63, 3.8) is 0 Å². The minimum absolute atomic E-state index is 0.0307. The summed E-state index contributed by atoms with van der Waals surface area (Å²) in [5.41, 5.74) is 24.5. The second kappa shape index (κ2) is 23.7. The Morgan fingerprint density at radius 3 is 1.40 bits per heavy atom. The number of rotatable bonds is 9. The third-order valence-corrected chi connectivity index (χ3v) is 18.8. The van der Waals surface area contributed by atoms with Gasteiger partial charge in [-0.25, -0.2) is 0 Å². The van der Waals surface area contributed by atoms with E-state index in [1.807, 2.05) is 12.3 Å². The SMILES string of the molecule is Cc1cc(N2c3[c-]c(Oc4[c-]c(-n5[c](=[Pt])n(-c6c(-c7ccccc7)cccc6-c6ccccc6)c6ccccc65)ccc4)ccc3-c3ccccc3N(c3cc(C(C)(C)C)cc(C(C)(C)C)c3)c3ccccc3-c3ccccc32)ncc1-c1ccc(C(C)(C)C)cc1. The molecule has 0 saturated carbocycles. The Morgan fingerprint density at radius 1 is 0.380 bits per heavy atom. The van der Waals surface area contributed by atoms with Crippen LogP contribution in [0.2, 0.25) is 0 Å². The molecule has 92 heavy (non-hydrogen) atoms. The first-order valence-electron chi connectivity index (χ1n) is 31.7. The maximum absolute atomic E-state index is 7.17. The molecule has 0 N–H and O–H groups in total. The Hall–Kier alpha value is -9.87. The van der Waals surface area contributed by atoms with Crippen LogP contribution in [0.1, 0.15) is 84.6 Å². The standard InChI is InChI=1S/C85H73N5O.Pt/c1-57-49-81(86-55-74(57)60-43-45-61(46-44-60)83(2,3)4)90-77-40-22-19-34-71(77)70-33-17-20-38-75(70)89(65-51-62(84(5,6)7)50-63(52-65)85(8,9)10)76-39-21-18-35-72(76)73-48-47-67(54-80(73)90)91-66-32-25-31-64(53-66)87-56-88(79-42-24-23-41-78(79)87)82-68(58-27-13-11-14-28-58)36-26-37-69(82)59-29-15-12-16-30-59;/h11-52,55H,1-10H3;/q-2;. The van der Waals surface area contributed by atoms with Gasteiger partial charge in [-0.3, -0.25) is 0 Å². The molecule has 13 aromatic rings. The van der Waals surface area contributed by atoms with Crippen molar-refractivity contribution < 1.29 is 24.1 Å². The number of hydrogen-bond donors (Lipinski definition) is 0. The average Bonchev–Trinajstić information content (AvgIpc) is 1.23. The molecule has 0 saturated heterocycles. The molecule has 2 aromatic heterocycles. The Bertz CT molecular complexity index is 4910. The number of imidazole rings is 1. The Morgan fingerprint density at radius 2 is 0.848 bits per heavy atom. The van der Waals surface area contributed by atoms with Gasteiger partial charge in [-0.1, -0.05) is 141 Å². The van der Waals surface area contributed by atoms with Gasteiger partial charge < -0.3 is 4.90 Å². The van der Waals surface area contributed by atoms with E-state index in [2.05, 4.69) is 368 Å². The molecular formula is C85H73N5OPt-2. The van der Waals surface area contributed by atoms with Gasteiger partial charge >= 0.3 is 306 Å². The van der Waals surface area contributed by atoms with Gasteiger partial charge in [0.25, 0.3) is 0 Å². The summed E-state index contributed by atoms with van der Waals surface area (Å²) in [4.78, 5) is 10.3. The predicted molar refractivity (Wildman–Crippen MR) is 379 cm³/mol. The van der Waals surface area contributed by atoms with E-state index in [0.29, 0.717) is 11.5 Å². The molecule has 0 fully saturated rings. The maximum atomic E-state index is 7.17. The second-order valence-corrected chi connectivity index (χ2v) is 28.1. The summed E-state index contributed by atoms with van der Waals surface area (Å²) in [7, 11) is 0. The van der Waals surface area contributed by atoms with Crippen LogP contribution in [0.3, 0.4) is 0 Å². The summed E-state index contributed by atoms with van der Waals surface area (Å²) in [6, 6.07) is 99.6. The van der Waals surface area contributed by atoms with Gasteiger partial charge in [-0.2, -0.15) is 0 Å². The molecule has 0 spiro atoms. The summed E-state index contributed by atoms with van der Waals surface area (Å²) in [5.74, 6) is 1.82. The van der Waals surface area contributed by atoms with E-state index in [-0.39, 0.29) is 16.2 Å². The summed E-state index contributed by atoms with van der Waals surface area (Å²) in [6.07, 6.45) is 2.04. The number of aryl methyl sites for hydroxylation is 1. The molecule has 1 aliphatic rings. The van der Waals surface area contributed by atoms with E-state index < -0.39 is 0 Å². The fraction of sp³-hybridized carbons (Fsp3) is 0.153. The zero-order chi connectivity index (χ0) is 63.6. The normalized spacial score (nSPS) is 12.5. The van der Waals surface area contributed by atoms with Gasteiger partial charge in [-0.05, 0) is 75.3 Å². The van der Waals surface area contributed by atoms with Crippen LogP contribution in [0, 0.1) is 22.9 Å².